The largest absolute Gasteiger partial charge is 0.469 e. The molecule has 130 valence electrons. The maximum atomic E-state index is 12.4. The van der Waals surface area contributed by atoms with E-state index in [1.165, 1.54) is 14.0 Å². The molecule has 2 atom stereocenters. The number of rotatable bonds is 3. The molecule has 1 aliphatic rings. The highest BCUT2D eigenvalue weighted by molar-refractivity contribution is 6.01. The third-order valence-corrected chi connectivity index (χ3v) is 3.75. The number of likely N-dealkylation sites (tertiary alicyclic amines) is 1. The molecule has 0 aromatic carbocycles. The lowest BCUT2D eigenvalue weighted by atomic mass is 9.83. The molecule has 1 saturated heterocycles. The summed E-state index contributed by atoms with van der Waals surface area (Å²) in [6, 6.07) is 0. The summed E-state index contributed by atoms with van der Waals surface area (Å²) in [4.78, 5) is 49.5. The van der Waals surface area contributed by atoms with Crippen molar-refractivity contribution in [2.75, 3.05) is 20.8 Å². The van der Waals surface area contributed by atoms with Crippen molar-refractivity contribution in [3.8, 4) is 0 Å². The lowest BCUT2D eigenvalue weighted by Gasteiger charge is -2.36. The summed E-state index contributed by atoms with van der Waals surface area (Å²) in [5, 5.41) is 0. The molecule has 0 spiro atoms. The molecule has 23 heavy (non-hydrogen) atoms. The zero-order chi connectivity index (χ0) is 18.0. The molecule has 0 aliphatic carbocycles. The highest BCUT2D eigenvalue weighted by Gasteiger charge is 2.59. The monoisotopic (exact) mass is 329 g/mol. The summed E-state index contributed by atoms with van der Waals surface area (Å²) in [5.41, 5.74) is -2.42. The van der Waals surface area contributed by atoms with Crippen molar-refractivity contribution in [2.45, 2.75) is 45.3 Å². The highest BCUT2D eigenvalue weighted by atomic mass is 16.6. The number of carbonyl (C=O) groups is 4. The number of hydrogen-bond acceptors (Lipinski definition) is 7. The van der Waals surface area contributed by atoms with E-state index in [0.29, 0.717) is 0 Å². The summed E-state index contributed by atoms with van der Waals surface area (Å²) in [6.07, 6.45) is -1.13. The SMILES string of the molecule is COC(=O)C[C@H]1C(=O)CN(C(=O)OC(C)(C)C)[C@@]1(C)C(=O)OC. The molecular formula is C15H23NO7. The van der Waals surface area contributed by atoms with Crippen molar-refractivity contribution >= 4 is 23.8 Å². The molecule has 0 radical (unpaired) electrons. The average Bonchev–Trinajstić information content (AvgIpc) is 2.70. The van der Waals surface area contributed by atoms with E-state index in [2.05, 4.69) is 4.74 Å². The lowest BCUT2D eigenvalue weighted by Crippen LogP contribution is -2.56. The van der Waals surface area contributed by atoms with Crippen LogP contribution in [0, 0.1) is 5.92 Å². The fourth-order valence-corrected chi connectivity index (χ4v) is 2.52. The molecule has 0 saturated carbocycles. The number of ketones is 1. The Balaban J connectivity index is 3.21. The molecule has 0 aromatic heterocycles. The van der Waals surface area contributed by atoms with Crippen LogP contribution in [0.25, 0.3) is 0 Å². The summed E-state index contributed by atoms with van der Waals surface area (Å²) in [6.45, 7) is 6.07. The first-order valence-corrected chi connectivity index (χ1v) is 7.16. The topological polar surface area (TPSA) is 99.2 Å². The van der Waals surface area contributed by atoms with Crippen molar-refractivity contribution in [1.82, 2.24) is 4.90 Å². The van der Waals surface area contributed by atoms with Gasteiger partial charge in [-0.25, -0.2) is 9.59 Å². The van der Waals surface area contributed by atoms with Crippen LogP contribution in [-0.2, 0) is 28.6 Å². The van der Waals surface area contributed by atoms with E-state index in [4.69, 9.17) is 9.47 Å². The summed E-state index contributed by atoms with van der Waals surface area (Å²) >= 11 is 0. The van der Waals surface area contributed by atoms with Gasteiger partial charge in [0.05, 0.1) is 33.1 Å². The summed E-state index contributed by atoms with van der Waals surface area (Å²) in [7, 11) is 2.34. The molecule has 0 N–H and O–H groups in total. The number of amides is 1. The zero-order valence-corrected chi connectivity index (χ0v) is 14.3. The van der Waals surface area contributed by atoms with Gasteiger partial charge in [-0.15, -0.1) is 0 Å². The number of carbonyl (C=O) groups excluding carboxylic acids is 4. The van der Waals surface area contributed by atoms with E-state index < -0.39 is 40.9 Å². The molecular weight excluding hydrogens is 306 g/mol. The van der Waals surface area contributed by atoms with Crippen molar-refractivity contribution in [1.29, 1.82) is 0 Å². The number of hydrogen-bond donors (Lipinski definition) is 0. The number of Topliss-reactive ketones (excluding diaryl/α,β-unsaturated/α-hetero) is 1. The van der Waals surface area contributed by atoms with Gasteiger partial charge in [0.15, 0.2) is 11.3 Å². The first-order chi connectivity index (χ1) is 10.5. The minimum atomic E-state index is -1.62. The van der Waals surface area contributed by atoms with E-state index in [0.717, 1.165) is 12.0 Å². The third-order valence-electron chi connectivity index (χ3n) is 3.75. The Kier molecular flexibility index (Phi) is 5.39. The van der Waals surface area contributed by atoms with Gasteiger partial charge in [-0.05, 0) is 27.7 Å². The van der Waals surface area contributed by atoms with Gasteiger partial charge in [-0.2, -0.15) is 0 Å². The zero-order valence-electron chi connectivity index (χ0n) is 14.3. The van der Waals surface area contributed by atoms with Crippen LogP contribution < -0.4 is 0 Å². The van der Waals surface area contributed by atoms with Crippen LogP contribution in [0.5, 0.6) is 0 Å². The van der Waals surface area contributed by atoms with Gasteiger partial charge in [-0.3, -0.25) is 14.5 Å². The van der Waals surface area contributed by atoms with E-state index in [1.54, 1.807) is 20.8 Å². The molecule has 0 bridgehead atoms. The van der Waals surface area contributed by atoms with Crippen molar-refractivity contribution in [3.63, 3.8) is 0 Å². The minimum Gasteiger partial charge on any atom is -0.469 e. The predicted octanol–water partition coefficient (Wildman–Crippen LogP) is 0.917. The maximum Gasteiger partial charge on any atom is 0.411 e. The van der Waals surface area contributed by atoms with Gasteiger partial charge < -0.3 is 14.2 Å². The Morgan fingerprint density at radius 2 is 1.78 bits per heavy atom. The maximum absolute atomic E-state index is 12.4. The molecule has 1 heterocycles. The second-order valence-corrected chi connectivity index (χ2v) is 6.50. The van der Waals surface area contributed by atoms with Crippen LogP contribution in [0.1, 0.15) is 34.1 Å². The van der Waals surface area contributed by atoms with Crippen molar-refractivity contribution < 1.29 is 33.4 Å². The quantitative estimate of drug-likeness (QED) is 0.560. The van der Waals surface area contributed by atoms with Crippen molar-refractivity contribution in [2.24, 2.45) is 5.92 Å². The Bertz CT molecular complexity index is 522. The number of methoxy groups -OCH3 is 2. The molecule has 0 unspecified atom stereocenters. The third kappa shape index (κ3) is 3.80. The Labute approximate surface area is 135 Å². The Morgan fingerprint density at radius 1 is 1.22 bits per heavy atom. The first-order valence-electron chi connectivity index (χ1n) is 7.16. The highest BCUT2D eigenvalue weighted by Crippen LogP contribution is 2.37. The van der Waals surface area contributed by atoms with Crippen LogP contribution in [0.4, 0.5) is 4.79 Å². The predicted molar refractivity (Wildman–Crippen MR) is 78.5 cm³/mol. The Hall–Kier alpha value is -2.12. The number of esters is 2. The van der Waals surface area contributed by atoms with Crippen LogP contribution >= 0.6 is 0 Å². The van der Waals surface area contributed by atoms with E-state index >= 15 is 0 Å². The van der Waals surface area contributed by atoms with Gasteiger partial charge in [0.1, 0.15) is 5.60 Å². The van der Waals surface area contributed by atoms with Crippen LogP contribution in [0.15, 0.2) is 0 Å². The Morgan fingerprint density at radius 3 is 2.22 bits per heavy atom. The molecule has 8 heteroatoms. The van der Waals surface area contributed by atoms with Crippen LogP contribution in [-0.4, -0.2) is 60.6 Å². The van der Waals surface area contributed by atoms with Crippen LogP contribution in [0.2, 0.25) is 0 Å². The molecule has 1 rings (SSSR count). The van der Waals surface area contributed by atoms with E-state index in [1.807, 2.05) is 0 Å². The van der Waals surface area contributed by atoms with Crippen molar-refractivity contribution in [3.05, 3.63) is 0 Å². The van der Waals surface area contributed by atoms with Gasteiger partial charge >= 0.3 is 18.0 Å². The van der Waals surface area contributed by atoms with E-state index in [-0.39, 0.29) is 13.0 Å². The molecule has 1 fully saturated rings. The van der Waals surface area contributed by atoms with Gasteiger partial charge in [-0.1, -0.05) is 0 Å². The normalized spacial score (nSPS) is 24.3. The summed E-state index contributed by atoms with van der Waals surface area (Å²) < 4.78 is 14.6. The standard InChI is InChI=1S/C15H23NO7/c1-14(2,3)23-13(20)16-8-10(17)9(7-11(18)21-5)15(16,4)12(19)22-6/h9H,7-8H2,1-6H3/t9-,15+/m0/s1. The average molecular weight is 329 g/mol. The molecule has 0 aromatic rings. The van der Waals surface area contributed by atoms with Gasteiger partial charge in [0, 0.05) is 0 Å². The minimum absolute atomic E-state index is 0.319. The van der Waals surface area contributed by atoms with Gasteiger partial charge in [0.25, 0.3) is 0 Å². The number of nitrogens with zero attached hydrogens (tertiary/aromatic N) is 1. The second-order valence-electron chi connectivity index (χ2n) is 6.50. The fourth-order valence-electron chi connectivity index (χ4n) is 2.52. The van der Waals surface area contributed by atoms with Crippen LogP contribution in [0.3, 0.4) is 0 Å². The lowest BCUT2D eigenvalue weighted by molar-refractivity contribution is -0.157. The number of ether oxygens (including phenoxy) is 3. The van der Waals surface area contributed by atoms with E-state index in [9.17, 15) is 19.2 Å². The smallest absolute Gasteiger partial charge is 0.411 e. The fraction of sp³-hybridized carbons (Fsp3) is 0.733. The molecule has 1 amide bonds. The molecule has 8 nitrogen and oxygen atoms in total. The first kappa shape index (κ1) is 18.9. The molecule has 1 aliphatic heterocycles. The second kappa shape index (κ2) is 6.55. The van der Waals surface area contributed by atoms with Gasteiger partial charge in [0.2, 0.25) is 0 Å². The summed E-state index contributed by atoms with van der Waals surface area (Å²) in [5.74, 6) is -2.91.